The van der Waals surface area contributed by atoms with E-state index in [1.807, 2.05) is 0 Å². The lowest BCUT2D eigenvalue weighted by Gasteiger charge is -2.15. The van der Waals surface area contributed by atoms with Gasteiger partial charge in [0.25, 0.3) is 15.8 Å². The van der Waals surface area contributed by atoms with Crippen LogP contribution in [0.1, 0.15) is 53.5 Å². The fraction of sp³-hybridized carbons (Fsp3) is 0.292. The molecule has 8 heteroatoms. The van der Waals surface area contributed by atoms with Gasteiger partial charge in [0.15, 0.2) is 5.78 Å². The third-order valence-electron chi connectivity index (χ3n) is 5.76. The summed E-state index contributed by atoms with van der Waals surface area (Å²) in [5.41, 5.74) is -0.305. The fourth-order valence-corrected chi connectivity index (χ4v) is 5.84. The maximum absolute atomic E-state index is 13.7. The molecule has 0 amide bonds. The van der Waals surface area contributed by atoms with E-state index >= 15 is 0 Å². The summed E-state index contributed by atoms with van der Waals surface area (Å²) < 4.78 is 33.2. The van der Waals surface area contributed by atoms with Crippen LogP contribution < -0.4 is 0 Å². The number of fused-ring (bicyclic) bond motifs is 1. The zero-order valence-electron chi connectivity index (χ0n) is 17.6. The largest absolute Gasteiger partial charge is 0.460 e. The third kappa shape index (κ3) is 3.64. The van der Waals surface area contributed by atoms with Crippen molar-refractivity contribution in [1.29, 1.82) is 0 Å². The molecular weight excluding hydrogens is 430 g/mol. The Balaban J connectivity index is 2.07. The second-order valence-electron chi connectivity index (χ2n) is 7.72. The average molecular weight is 454 g/mol. The number of rotatable bonds is 7. The standard InChI is InChI=1S/C24H23NO6S/c1-2-31-24(28)23(27)20-18-14-8-9-15-19(18)25(21(20)22(26)16-10-6-7-11-16)32(29,30)17-12-4-3-5-13-17/h3-5,8-9,12-16H,2,6-7,10-11H2,1H3. The fourth-order valence-electron chi connectivity index (χ4n) is 4.29. The van der Waals surface area contributed by atoms with Crippen LogP contribution in [0, 0.1) is 5.92 Å². The highest BCUT2D eigenvalue weighted by molar-refractivity contribution is 7.90. The monoisotopic (exact) mass is 453 g/mol. The second-order valence-corrected chi connectivity index (χ2v) is 9.51. The minimum atomic E-state index is -4.23. The van der Waals surface area contributed by atoms with Crippen LogP contribution >= 0.6 is 0 Å². The van der Waals surface area contributed by atoms with Gasteiger partial charge in [0, 0.05) is 11.3 Å². The molecule has 0 atom stereocenters. The molecule has 0 bridgehead atoms. The summed E-state index contributed by atoms with van der Waals surface area (Å²) in [6.07, 6.45) is 2.92. The number of ether oxygens (including phenoxy) is 1. The first kappa shape index (κ1) is 22.0. The maximum Gasteiger partial charge on any atom is 0.379 e. The van der Waals surface area contributed by atoms with Crippen LogP contribution in [0.2, 0.25) is 0 Å². The molecule has 1 aliphatic rings. The van der Waals surface area contributed by atoms with Crippen molar-refractivity contribution in [2.24, 2.45) is 5.92 Å². The van der Waals surface area contributed by atoms with Gasteiger partial charge >= 0.3 is 5.97 Å². The summed E-state index contributed by atoms with van der Waals surface area (Å²) >= 11 is 0. The van der Waals surface area contributed by atoms with Gasteiger partial charge in [-0.1, -0.05) is 49.2 Å². The van der Waals surface area contributed by atoms with E-state index in [1.165, 1.54) is 18.2 Å². The van der Waals surface area contributed by atoms with E-state index in [9.17, 15) is 22.8 Å². The number of carbonyl (C=O) groups excluding carboxylic acids is 3. The van der Waals surface area contributed by atoms with Crippen LogP contribution in [0.5, 0.6) is 0 Å². The van der Waals surface area contributed by atoms with Crippen molar-refractivity contribution in [3.8, 4) is 0 Å². The van der Waals surface area contributed by atoms with Crippen molar-refractivity contribution in [2.75, 3.05) is 6.61 Å². The Hall–Kier alpha value is -3.26. The molecule has 7 nitrogen and oxygen atoms in total. The molecule has 3 aromatic rings. The SMILES string of the molecule is CCOC(=O)C(=O)c1c(C(=O)C2CCCC2)n(S(=O)(=O)c2ccccc2)c2ccccc12. The molecule has 0 unspecified atom stereocenters. The molecule has 32 heavy (non-hydrogen) atoms. The van der Waals surface area contributed by atoms with Crippen molar-refractivity contribution in [2.45, 2.75) is 37.5 Å². The number of carbonyl (C=O) groups is 3. The van der Waals surface area contributed by atoms with Crippen molar-refractivity contribution >= 4 is 38.5 Å². The lowest BCUT2D eigenvalue weighted by molar-refractivity contribution is -0.137. The van der Waals surface area contributed by atoms with Gasteiger partial charge < -0.3 is 4.74 Å². The highest BCUT2D eigenvalue weighted by Gasteiger charge is 2.38. The summed E-state index contributed by atoms with van der Waals surface area (Å²) in [4.78, 5) is 39.1. The number of Topliss-reactive ketones (excluding diaryl/α,β-unsaturated/α-hetero) is 2. The molecule has 0 radical (unpaired) electrons. The highest BCUT2D eigenvalue weighted by atomic mass is 32.2. The smallest absolute Gasteiger partial charge is 0.379 e. The van der Waals surface area contributed by atoms with Crippen LogP contribution in [-0.2, 0) is 19.6 Å². The topological polar surface area (TPSA) is 99.5 Å². The normalized spacial score (nSPS) is 14.5. The lowest BCUT2D eigenvalue weighted by atomic mass is 9.95. The van der Waals surface area contributed by atoms with Crippen molar-refractivity contribution in [1.82, 2.24) is 3.97 Å². The predicted octanol–water partition coefficient (Wildman–Crippen LogP) is 4.00. The first-order valence-electron chi connectivity index (χ1n) is 10.6. The van der Waals surface area contributed by atoms with Gasteiger partial charge in [-0.3, -0.25) is 9.59 Å². The van der Waals surface area contributed by atoms with Gasteiger partial charge in [-0.05, 0) is 38.0 Å². The van der Waals surface area contributed by atoms with Crippen LogP contribution in [-0.4, -0.2) is 36.5 Å². The number of benzene rings is 2. The Kier molecular flexibility index (Phi) is 5.97. The highest BCUT2D eigenvalue weighted by Crippen LogP contribution is 2.36. The Morgan fingerprint density at radius 1 is 0.969 bits per heavy atom. The summed E-state index contributed by atoms with van der Waals surface area (Å²) in [5, 5.41) is 0.228. The molecule has 4 rings (SSSR count). The molecule has 0 N–H and O–H groups in total. The summed E-state index contributed by atoms with van der Waals surface area (Å²) in [5.74, 6) is -2.98. The predicted molar refractivity (Wildman–Crippen MR) is 118 cm³/mol. The van der Waals surface area contributed by atoms with Crippen LogP contribution in [0.15, 0.2) is 59.5 Å². The van der Waals surface area contributed by atoms with E-state index in [1.54, 1.807) is 43.3 Å². The minimum absolute atomic E-state index is 0.0164. The van der Waals surface area contributed by atoms with Gasteiger partial charge in [0.1, 0.15) is 5.69 Å². The average Bonchev–Trinajstić information content (AvgIpc) is 3.45. The molecule has 166 valence electrons. The van der Waals surface area contributed by atoms with Crippen molar-refractivity contribution < 1.29 is 27.5 Å². The number of ketones is 2. The van der Waals surface area contributed by atoms with E-state index < -0.39 is 33.5 Å². The second kappa shape index (κ2) is 8.70. The van der Waals surface area contributed by atoms with Gasteiger partial charge in [0.05, 0.1) is 22.6 Å². The van der Waals surface area contributed by atoms with Crippen molar-refractivity contribution in [3.05, 3.63) is 65.9 Å². The number of nitrogens with zero attached hydrogens (tertiary/aromatic N) is 1. The number of para-hydroxylation sites is 1. The van der Waals surface area contributed by atoms with E-state index in [2.05, 4.69) is 0 Å². The number of esters is 1. The quantitative estimate of drug-likeness (QED) is 0.305. The summed E-state index contributed by atoms with van der Waals surface area (Å²) in [7, 11) is -4.23. The first-order valence-corrected chi connectivity index (χ1v) is 12.0. The molecule has 0 spiro atoms. The van der Waals surface area contributed by atoms with Crippen molar-refractivity contribution in [3.63, 3.8) is 0 Å². The van der Waals surface area contributed by atoms with Gasteiger partial charge in [-0.2, -0.15) is 0 Å². The lowest BCUT2D eigenvalue weighted by Crippen LogP contribution is -2.26. The number of aromatic nitrogens is 1. The van der Waals surface area contributed by atoms with E-state index in [0.717, 1.165) is 16.8 Å². The van der Waals surface area contributed by atoms with E-state index in [0.29, 0.717) is 12.8 Å². The third-order valence-corrected chi connectivity index (χ3v) is 7.49. The van der Waals surface area contributed by atoms with Gasteiger partial charge in [-0.15, -0.1) is 0 Å². The number of hydrogen-bond acceptors (Lipinski definition) is 6. The Morgan fingerprint density at radius 2 is 1.59 bits per heavy atom. The molecule has 1 heterocycles. The van der Waals surface area contributed by atoms with Crippen LogP contribution in [0.4, 0.5) is 0 Å². The molecule has 1 saturated carbocycles. The maximum atomic E-state index is 13.7. The number of hydrogen-bond donors (Lipinski definition) is 0. The molecule has 0 saturated heterocycles. The van der Waals surface area contributed by atoms with E-state index in [4.69, 9.17) is 4.74 Å². The summed E-state index contributed by atoms with van der Waals surface area (Å²) in [6, 6.07) is 14.1. The van der Waals surface area contributed by atoms with Gasteiger partial charge in [-0.25, -0.2) is 17.2 Å². The minimum Gasteiger partial charge on any atom is -0.460 e. The van der Waals surface area contributed by atoms with Crippen LogP contribution in [0.25, 0.3) is 10.9 Å². The van der Waals surface area contributed by atoms with Crippen LogP contribution in [0.3, 0.4) is 0 Å². The molecule has 1 fully saturated rings. The molecule has 0 aliphatic heterocycles. The molecular formula is C24H23NO6S. The van der Waals surface area contributed by atoms with E-state index in [-0.39, 0.29) is 33.7 Å². The molecule has 1 aliphatic carbocycles. The zero-order valence-corrected chi connectivity index (χ0v) is 18.4. The summed E-state index contributed by atoms with van der Waals surface area (Å²) in [6.45, 7) is 1.55. The zero-order chi connectivity index (χ0) is 22.9. The van der Waals surface area contributed by atoms with Gasteiger partial charge in [0.2, 0.25) is 0 Å². The Morgan fingerprint density at radius 3 is 2.25 bits per heavy atom. The first-order chi connectivity index (χ1) is 15.4. The Labute approximate surface area is 186 Å². The Bertz CT molecular complexity index is 1300. The molecule has 2 aromatic carbocycles. The molecule has 1 aromatic heterocycles.